The van der Waals surface area contributed by atoms with Gasteiger partial charge in [-0.1, -0.05) is 20.8 Å². The molecule has 0 aliphatic heterocycles. The zero-order valence-corrected chi connectivity index (χ0v) is 24.5. The molecule has 4 atom stereocenters. The molecule has 1 saturated carbocycles. The lowest BCUT2D eigenvalue weighted by molar-refractivity contribution is -0.153. The van der Waals surface area contributed by atoms with E-state index in [2.05, 4.69) is 20.8 Å². The Balaban J connectivity index is 1.71. The SMILES string of the molecule is CN(C)[C@H]1C(=O)C(C(N)=O)=C(O)[C@@]2(O)C(=O)C3=C(O)c4c(O)c(CCCC(C)(C)C)cc(-c5ccoc5)c4C[C@H]3C[C@@H]12. The normalized spacial score (nSPS) is 25.9. The third-order valence-electron chi connectivity index (χ3n) is 9.00. The molecule has 0 unspecified atom stereocenters. The summed E-state index contributed by atoms with van der Waals surface area (Å²) in [6, 6.07) is 2.54. The Hall–Kier alpha value is -3.89. The lowest BCUT2D eigenvalue weighted by atomic mass is 9.57. The zero-order valence-electron chi connectivity index (χ0n) is 24.5. The van der Waals surface area contributed by atoms with E-state index in [1.807, 2.05) is 6.07 Å². The summed E-state index contributed by atoms with van der Waals surface area (Å²) in [5, 5.41) is 46.1. The van der Waals surface area contributed by atoms with Crippen LogP contribution in [0, 0.1) is 17.3 Å². The van der Waals surface area contributed by atoms with Crippen molar-refractivity contribution in [2.24, 2.45) is 23.0 Å². The molecule has 42 heavy (non-hydrogen) atoms. The van der Waals surface area contributed by atoms with Gasteiger partial charge in [0.05, 0.1) is 24.1 Å². The number of furan rings is 1. The van der Waals surface area contributed by atoms with Gasteiger partial charge in [0.1, 0.15) is 22.8 Å². The standard InChI is InChI=1S/C32H38N2O8/c1-31(2,3)9-6-7-15-11-18(16-8-10-42-14-16)19-12-17-13-20-24(34(4)5)27(37)23(30(33)40)29(39)32(20,41)28(38)21(17)26(36)22(19)25(15)35/h8,10-11,14,17,20,24,35-36,39,41H,6-7,9,12-13H2,1-5H3,(H2,33,40)/t17-,20-,24+,32-/m0/s1. The van der Waals surface area contributed by atoms with Crippen molar-refractivity contribution in [2.45, 2.75) is 64.5 Å². The second-order valence-electron chi connectivity index (χ2n) is 13.2. The maximum Gasteiger partial charge on any atom is 0.255 e. The molecule has 6 N–H and O–H groups in total. The van der Waals surface area contributed by atoms with E-state index >= 15 is 0 Å². The molecule has 224 valence electrons. The number of phenolic OH excluding ortho intramolecular Hbond substituents is 1. The Morgan fingerprint density at radius 2 is 1.88 bits per heavy atom. The number of fused-ring (bicyclic) bond motifs is 3. The maximum atomic E-state index is 14.1. The van der Waals surface area contributed by atoms with E-state index in [0.29, 0.717) is 17.5 Å². The molecule has 0 bridgehead atoms. The molecular weight excluding hydrogens is 540 g/mol. The number of ketones is 2. The summed E-state index contributed by atoms with van der Waals surface area (Å²) < 4.78 is 5.35. The molecule has 1 aromatic carbocycles. The van der Waals surface area contributed by atoms with E-state index in [-0.39, 0.29) is 35.1 Å². The van der Waals surface area contributed by atoms with Crippen molar-refractivity contribution in [3.63, 3.8) is 0 Å². The van der Waals surface area contributed by atoms with Gasteiger partial charge in [-0.25, -0.2) is 0 Å². The fourth-order valence-corrected chi connectivity index (χ4v) is 7.04. The van der Waals surface area contributed by atoms with Crippen LogP contribution in [0.3, 0.4) is 0 Å². The average molecular weight is 579 g/mol. The highest BCUT2D eigenvalue weighted by Gasteiger charge is 2.64. The lowest BCUT2D eigenvalue weighted by Gasteiger charge is -2.50. The molecule has 2 aromatic rings. The zero-order chi connectivity index (χ0) is 30.9. The predicted molar refractivity (Wildman–Crippen MR) is 154 cm³/mol. The van der Waals surface area contributed by atoms with Crippen molar-refractivity contribution in [1.82, 2.24) is 4.90 Å². The number of phenols is 1. The number of hydrogen-bond acceptors (Lipinski definition) is 9. The highest BCUT2D eigenvalue weighted by atomic mass is 16.3. The Morgan fingerprint density at radius 3 is 2.45 bits per heavy atom. The van der Waals surface area contributed by atoms with Gasteiger partial charge < -0.3 is 30.6 Å². The van der Waals surface area contributed by atoms with E-state index in [9.17, 15) is 34.8 Å². The van der Waals surface area contributed by atoms with Crippen LogP contribution in [-0.2, 0) is 27.2 Å². The Labute approximate surface area is 244 Å². The molecule has 1 fully saturated rings. The summed E-state index contributed by atoms with van der Waals surface area (Å²) in [5.41, 5.74) is 4.60. The monoisotopic (exact) mass is 578 g/mol. The highest BCUT2D eigenvalue weighted by Crippen LogP contribution is 2.54. The van der Waals surface area contributed by atoms with Crippen LogP contribution in [0.25, 0.3) is 16.9 Å². The minimum Gasteiger partial charge on any atom is -0.508 e. The van der Waals surface area contributed by atoms with Crippen molar-refractivity contribution >= 4 is 23.2 Å². The van der Waals surface area contributed by atoms with Crippen LogP contribution in [0.4, 0.5) is 0 Å². The quantitative estimate of drug-likeness (QED) is 0.321. The number of hydrogen-bond donors (Lipinski definition) is 5. The van der Waals surface area contributed by atoms with Crippen molar-refractivity contribution in [1.29, 1.82) is 0 Å². The molecular formula is C32H38N2O8. The first-order valence-electron chi connectivity index (χ1n) is 14.1. The first-order chi connectivity index (χ1) is 19.6. The molecule has 1 heterocycles. The summed E-state index contributed by atoms with van der Waals surface area (Å²) >= 11 is 0. The fraction of sp³-hybridized carbons (Fsp3) is 0.469. The number of aliphatic hydroxyl groups is 3. The maximum absolute atomic E-state index is 14.1. The van der Waals surface area contributed by atoms with Gasteiger partial charge in [-0.15, -0.1) is 0 Å². The van der Waals surface area contributed by atoms with E-state index in [1.54, 1.807) is 26.4 Å². The molecule has 5 rings (SSSR count). The molecule has 10 nitrogen and oxygen atoms in total. The van der Waals surface area contributed by atoms with Gasteiger partial charge in [0.25, 0.3) is 5.91 Å². The summed E-state index contributed by atoms with van der Waals surface area (Å²) in [4.78, 5) is 41.1. The number of Topliss-reactive ketones (excluding diaryl/α,β-unsaturated/α-hetero) is 2. The fourth-order valence-electron chi connectivity index (χ4n) is 7.04. The summed E-state index contributed by atoms with van der Waals surface area (Å²) in [6.07, 6.45) is 5.54. The Kier molecular flexibility index (Phi) is 7.14. The third-order valence-corrected chi connectivity index (χ3v) is 9.00. The first-order valence-corrected chi connectivity index (χ1v) is 14.1. The number of aryl methyl sites for hydroxylation is 1. The Morgan fingerprint density at radius 1 is 1.19 bits per heavy atom. The summed E-state index contributed by atoms with van der Waals surface area (Å²) in [6.45, 7) is 6.40. The minimum absolute atomic E-state index is 0.0324. The van der Waals surface area contributed by atoms with Crippen LogP contribution >= 0.6 is 0 Å². The van der Waals surface area contributed by atoms with Crippen LogP contribution in [0.1, 0.15) is 56.7 Å². The topological polar surface area (TPSA) is 175 Å². The number of aromatic hydroxyl groups is 1. The van der Waals surface area contributed by atoms with Crippen molar-refractivity contribution in [2.75, 3.05) is 14.1 Å². The van der Waals surface area contributed by atoms with Gasteiger partial charge in [-0.05, 0) is 86.4 Å². The number of carbonyl (C=O) groups excluding carboxylic acids is 3. The first kappa shape index (κ1) is 29.6. The van der Waals surface area contributed by atoms with E-state index < -0.39 is 58.0 Å². The number of rotatable bonds is 6. The Bertz CT molecular complexity index is 1540. The number of aliphatic hydroxyl groups excluding tert-OH is 2. The van der Waals surface area contributed by atoms with Crippen molar-refractivity contribution in [3.05, 3.63) is 58.3 Å². The van der Waals surface area contributed by atoms with Crippen LogP contribution < -0.4 is 5.73 Å². The lowest BCUT2D eigenvalue weighted by Crippen LogP contribution is -2.65. The molecule has 3 aliphatic rings. The minimum atomic E-state index is -2.67. The van der Waals surface area contributed by atoms with Gasteiger partial charge in [0.15, 0.2) is 11.4 Å². The van der Waals surface area contributed by atoms with Gasteiger partial charge >= 0.3 is 0 Å². The van der Waals surface area contributed by atoms with Crippen molar-refractivity contribution < 1.29 is 39.2 Å². The molecule has 0 spiro atoms. The number of primary amides is 1. The van der Waals surface area contributed by atoms with Crippen LogP contribution in [-0.4, -0.2) is 68.5 Å². The molecule has 0 saturated heterocycles. The van der Waals surface area contributed by atoms with E-state index in [1.165, 1.54) is 11.2 Å². The molecule has 1 amide bonds. The number of carbonyl (C=O) groups is 3. The average Bonchev–Trinajstić information content (AvgIpc) is 3.41. The predicted octanol–water partition coefficient (Wildman–Crippen LogP) is 3.59. The smallest absolute Gasteiger partial charge is 0.255 e. The van der Waals surface area contributed by atoms with Gasteiger partial charge in [-0.3, -0.25) is 19.3 Å². The molecule has 10 heteroatoms. The second-order valence-corrected chi connectivity index (χ2v) is 13.2. The molecule has 0 radical (unpaired) electrons. The van der Waals surface area contributed by atoms with Gasteiger partial charge in [0, 0.05) is 17.1 Å². The van der Waals surface area contributed by atoms with E-state index in [0.717, 1.165) is 24.0 Å². The number of benzene rings is 1. The molecule has 1 aromatic heterocycles. The van der Waals surface area contributed by atoms with Crippen LogP contribution in [0.15, 0.2) is 46.0 Å². The van der Waals surface area contributed by atoms with Crippen LogP contribution in [0.2, 0.25) is 0 Å². The summed E-state index contributed by atoms with van der Waals surface area (Å²) in [7, 11) is 3.15. The van der Waals surface area contributed by atoms with Gasteiger partial charge in [-0.2, -0.15) is 0 Å². The largest absolute Gasteiger partial charge is 0.508 e. The highest BCUT2D eigenvalue weighted by molar-refractivity contribution is 6.24. The van der Waals surface area contributed by atoms with Crippen molar-refractivity contribution in [3.8, 4) is 16.9 Å². The number of amides is 1. The third kappa shape index (κ3) is 4.44. The number of nitrogens with two attached hydrogens (primary N) is 1. The van der Waals surface area contributed by atoms with E-state index in [4.69, 9.17) is 10.2 Å². The number of likely N-dealkylation sites (N-methyl/N-ethyl adjacent to an activating group) is 1. The van der Waals surface area contributed by atoms with Gasteiger partial charge in [0.2, 0.25) is 5.78 Å². The second kappa shape index (κ2) is 10.1. The summed E-state index contributed by atoms with van der Waals surface area (Å²) in [5.74, 6) is -6.59. The van der Waals surface area contributed by atoms with Crippen LogP contribution in [0.5, 0.6) is 5.75 Å². The molecule has 3 aliphatic carbocycles. The number of nitrogens with zero attached hydrogens (tertiary/aromatic N) is 1.